The predicted octanol–water partition coefficient (Wildman–Crippen LogP) is 2.38. The van der Waals surface area contributed by atoms with Crippen molar-refractivity contribution in [1.29, 1.82) is 0 Å². The molecule has 2 rings (SSSR count). The Labute approximate surface area is 134 Å². The van der Waals surface area contributed by atoms with E-state index in [9.17, 15) is 9.90 Å². The molecule has 2 fully saturated rings. The van der Waals surface area contributed by atoms with Crippen LogP contribution in [-0.4, -0.2) is 53.5 Å². The molecule has 0 aromatic heterocycles. The van der Waals surface area contributed by atoms with Crippen molar-refractivity contribution in [3.05, 3.63) is 0 Å². The maximum atomic E-state index is 12.0. The summed E-state index contributed by atoms with van der Waals surface area (Å²) in [6, 6.07) is 0.0586. The molecule has 0 bridgehead atoms. The Morgan fingerprint density at radius 3 is 2.55 bits per heavy atom. The van der Waals surface area contributed by atoms with Crippen LogP contribution in [0.1, 0.15) is 53.4 Å². The van der Waals surface area contributed by atoms with Gasteiger partial charge >= 0.3 is 6.09 Å². The molecule has 1 saturated carbocycles. The summed E-state index contributed by atoms with van der Waals surface area (Å²) in [7, 11) is 0. The molecule has 3 unspecified atom stereocenters. The summed E-state index contributed by atoms with van der Waals surface area (Å²) < 4.78 is 5.35. The van der Waals surface area contributed by atoms with E-state index in [1.165, 1.54) is 19.3 Å². The van der Waals surface area contributed by atoms with Crippen molar-refractivity contribution in [3.63, 3.8) is 0 Å². The molecule has 1 aliphatic heterocycles. The lowest BCUT2D eigenvalue weighted by Crippen LogP contribution is -2.54. The lowest BCUT2D eigenvalue weighted by atomic mass is 9.83. The first-order valence-electron chi connectivity index (χ1n) is 8.63. The average molecular weight is 312 g/mol. The number of nitrogens with zero attached hydrogens (tertiary/aromatic N) is 1. The fraction of sp³-hybridized carbons (Fsp3) is 0.941. The van der Waals surface area contributed by atoms with Crippen LogP contribution in [0.4, 0.5) is 4.79 Å². The molecule has 1 amide bonds. The second-order valence-electron chi connectivity index (χ2n) is 8.10. The van der Waals surface area contributed by atoms with Crippen molar-refractivity contribution < 1.29 is 14.6 Å². The summed E-state index contributed by atoms with van der Waals surface area (Å²) in [6.07, 6.45) is 4.11. The second kappa shape index (κ2) is 7.18. The predicted molar refractivity (Wildman–Crippen MR) is 86.7 cm³/mol. The number of alkyl carbamates (subject to hydrolysis) is 1. The van der Waals surface area contributed by atoms with Crippen LogP contribution in [0, 0.1) is 11.8 Å². The molecule has 2 N–H and O–H groups in total. The van der Waals surface area contributed by atoms with E-state index in [-0.39, 0.29) is 24.2 Å². The molecule has 5 nitrogen and oxygen atoms in total. The lowest BCUT2D eigenvalue weighted by Gasteiger charge is -2.42. The summed E-state index contributed by atoms with van der Waals surface area (Å²) >= 11 is 0. The van der Waals surface area contributed by atoms with Crippen LogP contribution < -0.4 is 5.32 Å². The molecule has 0 aromatic rings. The highest BCUT2D eigenvalue weighted by Crippen LogP contribution is 2.29. The molecule has 128 valence electrons. The molecule has 1 saturated heterocycles. The topological polar surface area (TPSA) is 61.8 Å². The monoisotopic (exact) mass is 312 g/mol. The molecule has 0 aromatic carbocycles. The molecule has 0 spiro atoms. The first kappa shape index (κ1) is 17.5. The van der Waals surface area contributed by atoms with Gasteiger partial charge in [0, 0.05) is 25.7 Å². The Balaban J connectivity index is 1.89. The van der Waals surface area contributed by atoms with Gasteiger partial charge in [0.2, 0.25) is 0 Å². The van der Waals surface area contributed by atoms with Gasteiger partial charge < -0.3 is 20.1 Å². The Morgan fingerprint density at radius 1 is 1.36 bits per heavy atom. The van der Waals surface area contributed by atoms with Crippen LogP contribution in [0.15, 0.2) is 0 Å². The van der Waals surface area contributed by atoms with Gasteiger partial charge in [-0.2, -0.15) is 0 Å². The van der Waals surface area contributed by atoms with Crippen LogP contribution in [0.25, 0.3) is 0 Å². The third-order valence-corrected chi connectivity index (χ3v) is 4.70. The normalized spacial score (nSPS) is 28.8. The third kappa shape index (κ3) is 5.43. The van der Waals surface area contributed by atoms with E-state index in [4.69, 9.17) is 4.74 Å². The summed E-state index contributed by atoms with van der Waals surface area (Å²) in [4.78, 5) is 14.4. The first-order valence-corrected chi connectivity index (χ1v) is 8.63. The van der Waals surface area contributed by atoms with Crippen LogP contribution >= 0.6 is 0 Å². The number of aliphatic hydroxyl groups is 1. The maximum Gasteiger partial charge on any atom is 0.407 e. The van der Waals surface area contributed by atoms with Gasteiger partial charge in [0.1, 0.15) is 5.60 Å². The number of ether oxygens (including phenoxy) is 1. The Kier molecular flexibility index (Phi) is 5.72. The van der Waals surface area contributed by atoms with Crippen molar-refractivity contribution in [1.82, 2.24) is 10.2 Å². The van der Waals surface area contributed by atoms with Gasteiger partial charge in [-0.25, -0.2) is 4.79 Å². The molecule has 3 atom stereocenters. The Morgan fingerprint density at radius 2 is 2.05 bits per heavy atom. The van der Waals surface area contributed by atoms with Crippen LogP contribution in [0.5, 0.6) is 0 Å². The quantitative estimate of drug-likeness (QED) is 0.837. The van der Waals surface area contributed by atoms with E-state index < -0.39 is 5.60 Å². The molecule has 2 aliphatic rings. The third-order valence-electron chi connectivity index (χ3n) is 4.70. The van der Waals surface area contributed by atoms with Crippen LogP contribution in [0.2, 0.25) is 0 Å². The number of hydrogen-bond acceptors (Lipinski definition) is 4. The lowest BCUT2D eigenvalue weighted by molar-refractivity contribution is 0.0230. The molecule has 0 radical (unpaired) electrons. The number of hydrogen-bond donors (Lipinski definition) is 2. The zero-order valence-corrected chi connectivity index (χ0v) is 14.5. The maximum absolute atomic E-state index is 12.0. The van der Waals surface area contributed by atoms with E-state index in [0.717, 1.165) is 32.0 Å². The minimum atomic E-state index is -0.478. The fourth-order valence-electron chi connectivity index (χ4n) is 3.35. The Hall–Kier alpha value is -0.810. The van der Waals surface area contributed by atoms with E-state index in [1.54, 1.807) is 0 Å². The molecular weight excluding hydrogens is 280 g/mol. The first-order chi connectivity index (χ1) is 10.2. The summed E-state index contributed by atoms with van der Waals surface area (Å²) in [5, 5.41) is 13.0. The van der Waals surface area contributed by atoms with Crippen LogP contribution in [-0.2, 0) is 4.74 Å². The zero-order chi connectivity index (χ0) is 16.3. The number of carbonyl (C=O) groups excluding carboxylic acids is 1. The number of rotatable bonds is 4. The number of likely N-dealkylation sites (tertiary alicyclic amines) is 1. The second-order valence-corrected chi connectivity index (χ2v) is 8.10. The number of aliphatic hydroxyl groups excluding tert-OH is 1. The van der Waals surface area contributed by atoms with Gasteiger partial charge in [-0.05, 0) is 58.8 Å². The highest BCUT2D eigenvalue weighted by molar-refractivity contribution is 5.68. The van der Waals surface area contributed by atoms with Gasteiger partial charge in [0.25, 0.3) is 0 Å². The summed E-state index contributed by atoms with van der Waals surface area (Å²) in [6.45, 7) is 10.3. The smallest absolute Gasteiger partial charge is 0.407 e. The molecular formula is C17H32N2O3. The van der Waals surface area contributed by atoms with E-state index in [0.29, 0.717) is 0 Å². The number of amides is 1. The van der Waals surface area contributed by atoms with Crippen molar-refractivity contribution in [3.8, 4) is 0 Å². The van der Waals surface area contributed by atoms with E-state index >= 15 is 0 Å². The minimum Gasteiger partial charge on any atom is -0.444 e. The van der Waals surface area contributed by atoms with Gasteiger partial charge in [-0.3, -0.25) is 0 Å². The standard InChI is InChI=1S/C17H32N2O3/c1-12(20)14-8-15(18-16(21)22-17(2,3)4)11-19(10-14)9-13-6-5-7-13/h12-15,20H,5-11H2,1-4H3,(H,18,21). The highest BCUT2D eigenvalue weighted by atomic mass is 16.6. The van der Waals surface area contributed by atoms with E-state index in [2.05, 4.69) is 10.2 Å². The Bertz CT molecular complexity index is 375. The van der Waals surface area contributed by atoms with Gasteiger partial charge in [-0.1, -0.05) is 6.42 Å². The molecule has 22 heavy (non-hydrogen) atoms. The molecule has 1 heterocycles. The molecule has 5 heteroatoms. The van der Waals surface area contributed by atoms with Crippen molar-refractivity contribution in [2.45, 2.75) is 71.1 Å². The largest absolute Gasteiger partial charge is 0.444 e. The SMILES string of the molecule is CC(O)C1CC(NC(=O)OC(C)(C)C)CN(CC2CCC2)C1. The van der Waals surface area contributed by atoms with Crippen molar-refractivity contribution in [2.75, 3.05) is 19.6 Å². The molecule has 1 aliphatic carbocycles. The number of piperidine rings is 1. The number of nitrogens with one attached hydrogen (secondary N) is 1. The zero-order valence-electron chi connectivity index (χ0n) is 14.5. The number of carbonyl (C=O) groups is 1. The van der Waals surface area contributed by atoms with Crippen LogP contribution in [0.3, 0.4) is 0 Å². The highest BCUT2D eigenvalue weighted by Gasteiger charge is 2.33. The van der Waals surface area contributed by atoms with Crippen molar-refractivity contribution >= 4 is 6.09 Å². The van der Waals surface area contributed by atoms with E-state index in [1.807, 2.05) is 27.7 Å². The summed E-state index contributed by atoms with van der Waals surface area (Å²) in [5.41, 5.74) is -0.478. The van der Waals surface area contributed by atoms with Gasteiger partial charge in [0.05, 0.1) is 6.10 Å². The summed E-state index contributed by atoms with van der Waals surface area (Å²) in [5.74, 6) is 1.02. The average Bonchev–Trinajstić information content (AvgIpc) is 2.31. The fourth-order valence-corrected chi connectivity index (χ4v) is 3.35. The van der Waals surface area contributed by atoms with Gasteiger partial charge in [-0.15, -0.1) is 0 Å². The van der Waals surface area contributed by atoms with Gasteiger partial charge in [0.15, 0.2) is 0 Å². The van der Waals surface area contributed by atoms with Crippen molar-refractivity contribution in [2.24, 2.45) is 11.8 Å². The minimum absolute atomic E-state index is 0.0586.